The fourth-order valence-electron chi connectivity index (χ4n) is 3.35. The number of carbonyl (C=O) groups excluding carboxylic acids is 2. The molecule has 0 bridgehead atoms. The summed E-state index contributed by atoms with van der Waals surface area (Å²) in [5, 5.41) is 10.0. The Morgan fingerprint density at radius 3 is 2.75 bits per heavy atom. The van der Waals surface area contributed by atoms with Gasteiger partial charge in [-0.1, -0.05) is 6.92 Å². The number of carbonyl (C=O) groups is 2. The van der Waals surface area contributed by atoms with Crippen molar-refractivity contribution in [2.45, 2.75) is 65.8 Å². The summed E-state index contributed by atoms with van der Waals surface area (Å²) in [5.74, 6) is 0.00943. The zero-order chi connectivity index (χ0) is 17.7. The third-order valence-corrected chi connectivity index (χ3v) is 5.00. The topological polar surface area (TPSA) is 78.1 Å². The lowest BCUT2D eigenvalue weighted by Gasteiger charge is -2.33. The molecular formula is C18H30N4O2. The van der Waals surface area contributed by atoms with E-state index in [0.29, 0.717) is 25.4 Å². The molecule has 0 unspecified atom stereocenters. The van der Waals surface area contributed by atoms with Crippen LogP contribution in [0.15, 0.2) is 0 Å². The second kappa shape index (κ2) is 8.31. The van der Waals surface area contributed by atoms with Gasteiger partial charge in [-0.15, -0.1) is 0 Å². The number of hydrogen-bond donors (Lipinski definition) is 2. The van der Waals surface area contributed by atoms with Crippen LogP contribution >= 0.6 is 0 Å². The number of likely N-dealkylation sites (tertiary alicyclic amines) is 1. The lowest BCUT2D eigenvalue weighted by atomic mass is 9.99. The van der Waals surface area contributed by atoms with Crippen molar-refractivity contribution in [2.24, 2.45) is 5.92 Å². The van der Waals surface area contributed by atoms with E-state index >= 15 is 0 Å². The highest BCUT2D eigenvalue weighted by atomic mass is 16.2. The normalized spacial score (nSPS) is 19.2. The van der Waals surface area contributed by atoms with Crippen LogP contribution in [0, 0.1) is 19.8 Å². The van der Waals surface area contributed by atoms with E-state index in [1.807, 2.05) is 25.7 Å². The first-order chi connectivity index (χ1) is 11.4. The number of aromatic nitrogens is 2. The summed E-state index contributed by atoms with van der Waals surface area (Å²) in [4.78, 5) is 26.5. The molecule has 2 amide bonds. The molecule has 1 aromatic rings. The summed E-state index contributed by atoms with van der Waals surface area (Å²) in [6, 6.07) is 0.327. The van der Waals surface area contributed by atoms with Crippen LogP contribution in [0.3, 0.4) is 0 Å². The third kappa shape index (κ3) is 4.58. The smallest absolute Gasteiger partial charge is 0.224 e. The first-order valence-corrected chi connectivity index (χ1v) is 8.97. The molecule has 0 radical (unpaired) electrons. The number of rotatable bonds is 6. The van der Waals surface area contributed by atoms with Crippen LogP contribution in [0.25, 0.3) is 0 Å². The van der Waals surface area contributed by atoms with Crippen LogP contribution in [0.5, 0.6) is 0 Å². The van der Waals surface area contributed by atoms with Crippen molar-refractivity contribution in [3.8, 4) is 0 Å². The fourth-order valence-corrected chi connectivity index (χ4v) is 3.35. The maximum Gasteiger partial charge on any atom is 0.224 e. The number of nitrogens with zero attached hydrogens (tertiary/aromatic N) is 2. The van der Waals surface area contributed by atoms with Crippen LogP contribution in [0.2, 0.25) is 0 Å². The van der Waals surface area contributed by atoms with Gasteiger partial charge in [0.2, 0.25) is 11.8 Å². The van der Waals surface area contributed by atoms with Crippen LogP contribution in [-0.4, -0.2) is 46.0 Å². The Balaban J connectivity index is 1.75. The Labute approximate surface area is 144 Å². The van der Waals surface area contributed by atoms with Crippen molar-refractivity contribution in [2.75, 3.05) is 13.1 Å². The molecule has 0 spiro atoms. The molecule has 24 heavy (non-hydrogen) atoms. The SMILES string of the molecule is Cc1n[nH]c(C)c1C[C@H](C)C(=O)NCCC(=O)N1CCCC[C@H]1C. The molecular weight excluding hydrogens is 304 g/mol. The predicted molar refractivity (Wildman–Crippen MR) is 93.6 cm³/mol. The van der Waals surface area contributed by atoms with Gasteiger partial charge >= 0.3 is 0 Å². The minimum absolute atomic E-state index is 0.00510. The van der Waals surface area contributed by atoms with E-state index in [0.717, 1.165) is 36.3 Å². The molecule has 2 rings (SSSR count). The second-order valence-electron chi connectivity index (χ2n) is 6.99. The molecule has 134 valence electrons. The van der Waals surface area contributed by atoms with Gasteiger partial charge in [-0.05, 0) is 52.0 Å². The van der Waals surface area contributed by atoms with E-state index < -0.39 is 0 Å². The summed E-state index contributed by atoms with van der Waals surface area (Å²) in [7, 11) is 0. The van der Waals surface area contributed by atoms with E-state index in [1.165, 1.54) is 6.42 Å². The van der Waals surface area contributed by atoms with Crippen molar-refractivity contribution in [1.29, 1.82) is 0 Å². The minimum Gasteiger partial charge on any atom is -0.355 e. The molecule has 2 heterocycles. The molecule has 1 aliphatic heterocycles. The Hall–Kier alpha value is -1.85. The lowest BCUT2D eigenvalue weighted by Crippen LogP contribution is -2.43. The molecule has 1 fully saturated rings. The van der Waals surface area contributed by atoms with Gasteiger partial charge in [0.25, 0.3) is 0 Å². The fraction of sp³-hybridized carbons (Fsp3) is 0.722. The Bertz CT molecular complexity index is 562. The van der Waals surface area contributed by atoms with Gasteiger partial charge in [-0.2, -0.15) is 5.10 Å². The van der Waals surface area contributed by atoms with Gasteiger partial charge in [0.1, 0.15) is 0 Å². The average molecular weight is 334 g/mol. The van der Waals surface area contributed by atoms with Crippen molar-refractivity contribution < 1.29 is 9.59 Å². The summed E-state index contributed by atoms with van der Waals surface area (Å²) in [6.45, 7) is 9.20. The van der Waals surface area contributed by atoms with E-state index in [4.69, 9.17) is 0 Å². The van der Waals surface area contributed by atoms with Gasteiger partial charge in [-0.25, -0.2) is 0 Å². The zero-order valence-electron chi connectivity index (χ0n) is 15.3. The van der Waals surface area contributed by atoms with E-state index in [2.05, 4.69) is 22.4 Å². The van der Waals surface area contributed by atoms with Gasteiger partial charge < -0.3 is 10.2 Å². The predicted octanol–water partition coefficient (Wildman–Crippen LogP) is 2.11. The molecule has 0 aromatic carbocycles. The van der Waals surface area contributed by atoms with Gasteiger partial charge in [0.15, 0.2) is 0 Å². The van der Waals surface area contributed by atoms with Gasteiger partial charge in [-0.3, -0.25) is 14.7 Å². The minimum atomic E-state index is -0.135. The molecule has 0 aliphatic carbocycles. The quantitative estimate of drug-likeness (QED) is 0.836. The molecule has 0 saturated carbocycles. The van der Waals surface area contributed by atoms with Crippen molar-refractivity contribution >= 4 is 11.8 Å². The molecule has 1 aliphatic rings. The Morgan fingerprint density at radius 2 is 2.12 bits per heavy atom. The van der Waals surface area contributed by atoms with Crippen molar-refractivity contribution in [1.82, 2.24) is 20.4 Å². The van der Waals surface area contributed by atoms with Crippen LogP contribution < -0.4 is 5.32 Å². The summed E-state index contributed by atoms with van der Waals surface area (Å²) >= 11 is 0. The van der Waals surface area contributed by atoms with E-state index in [-0.39, 0.29) is 17.7 Å². The molecule has 6 nitrogen and oxygen atoms in total. The van der Waals surface area contributed by atoms with Gasteiger partial charge in [0, 0.05) is 37.2 Å². The van der Waals surface area contributed by atoms with Crippen LogP contribution in [-0.2, 0) is 16.0 Å². The number of hydrogen-bond acceptors (Lipinski definition) is 3. The number of amides is 2. The molecule has 2 atom stereocenters. The maximum absolute atomic E-state index is 12.3. The molecule has 6 heteroatoms. The molecule has 1 aromatic heterocycles. The van der Waals surface area contributed by atoms with E-state index in [9.17, 15) is 9.59 Å². The van der Waals surface area contributed by atoms with Crippen molar-refractivity contribution in [3.05, 3.63) is 17.0 Å². The number of aromatic amines is 1. The summed E-state index contributed by atoms with van der Waals surface area (Å²) in [5.41, 5.74) is 3.07. The highest BCUT2D eigenvalue weighted by molar-refractivity contribution is 5.80. The monoisotopic (exact) mass is 334 g/mol. The summed E-state index contributed by atoms with van der Waals surface area (Å²) in [6.07, 6.45) is 4.41. The highest BCUT2D eigenvalue weighted by Gasteiger charge is 2.23. The first-order valence-electron chi connectivity index (χ1n) is 8.97. The zero-order valence-corrected chi connectivity index (χ0v) is 15.3. The Kier molecular flexibility index (Phi) is 6.40. The lowest BCUT2D eigenvalue weighted by molar-refractivity contribution is -0.134. The largest absolute Gasteiger partial charge is 0.355 e. The molecule has 1 saturated heterocycles. The number of nitrogens with one attached hydrogen (secondary N) is 2. The van der Waals surface area contributed by atoms with Crippen LogP contribution in [0.4, 0.5) is 0 Å². The van der Waals surface area contributed by atoms with Crippen molar-refractivity contribution in [3.63, 3.8) is 0 Å². The summed E-state index contributed by atoms with van der Waals surface area (Å²) < 4.78 is 0. The van der Waals surface area contributed by atoms with Gasteiger partial charge in [0.05, 0.1) is 5.69 Å². The average Bonchev–Trinajstić information content (AvgIpc) is 2.86. The second-order valence-corrected chi connectivity index (χ2v) is 6.99. The first kappa shape index (κ1) is 18.5. The Morgan fingerprint density at radius 1 is 1.38 bits per heavy atom. The standard InChI is InChI=1S/C18H30N4O2/c1-12(11-16-14(3)20-21-15(16)4)18(24)19-9-8-17(23)22-10-6-5-7-13(22)2/h12-13H,5-11H2,1-4H3,(H,19,24)(H,20,21)/t12-,13+/m0/s1. The third-order valence-electron chi connectivity index (χ3n) is 5.00. The number of piperidine rings is 1. The highest BCUT2D eigenvalue weighted by Crippen LogP contribution is 2.17. The molecule has 2 N–H and O–H groups in total. The maximum atomic E-state index is 12.3. The number of aryl methyl sites for hydroxylation is 2. The number of H-pyrrole nitrogens is 1. The van der Waals surface area contributed by atoms with Crippen LogP contribution in [0.1, 0.15) is 56.5 Å². The van der Waals surface area contributed by atoms with E-state index in [1.54, 1.807) is 0 Å².